The Morgan fingerprint density at radius 2 is 1.83 bits per heavy atom. The summed E-state index contributed by atoms with van der Waals surface area (Å²) in [6.07, 6.45) is 2.15. The fourth-order valence-corrected chi connectivity index (χ4v) is 4.25. The zero-order chi connectivity index (χ0) is 20.8. The largest absolute Gasteiger partial charge is 0.378 e. The molecule has 2 aliphatic heterocycles. The molecule has 0 aliphatic carbocycles. The fraction of sp³-hybridized carbons (Fsp3) is 0.261. The van der Waals surface area contributed by atoms with Crippen molar-refractivity contribution in [2.24, 2.45) is 5.10 Å². The van der Waals surface area contributed by atoms with Gasteiger partial charge in [-0.2, -0.15) is 5.10 Å². The van der Waals surface area contributed by atoms with E-state index in [1.807, 2.05) is 61.5 Å². The average Bonchev–Trinajstić information content (AvgIpc) is 3.12. The highest BCUT2D eigenvalue weighted by Crippen LogP contribution is 2.32. The molecule has 3 aromatic rings. The van der Waals surface area contributed by atoms with Crippen molar-refractivity contribution in [1.29, 1.82) is 0 Å². The maximum atomic E-state index is 13.1. The zero-order valence-electron chi connectivity index (χ0n) is 17.0. The quantitative estimate of drug-likeness (QED) is 0.685. The van der Waals surface area contributed by atoms with Crippen LogP contribution in [-0.4, -0.2) is 59.6 Å². The number of para-hydroxylation sites is 1. The Morgan fingerprint density at radius 1 is 1.07 bits per heavy atom. The number of hydrogen-bond acceptors (Lipinski definition) is 4. The van der Waals surface area contributed by atoms with E-state index in [0.717, 1.165) is 33.4 Å². The zero-order valence-corrected chi connectivity index (χ0v) is 17.0. The maximum absolute atomic E-state index is 13.1. The van der Waals surface area contributed by atoms with Gasteiger partial charge in [0.25, 0.3) is 5.91 Å². The standard InChI is InChI=1S/C23H23N5O2/c1-26(2)16-9-7-15(8-10-16)12-24-28-14-22(29)27-13-20-18(11-21(27)23(28)30)17-5-3-4-6-19(17)25-20/h3-10,12,21,25H,11,13-14H2,1-2H3/t21-/m0/s1. The summed E-state index contributed by atoms with van der Waals surface area (Å²) >= 11 is 0. The number of fused-ring (bicyclic) bond motifs is 4. The van der Waals surface area contributed by atoms with E-state index in [1.165, 1.54) is 5.01 Å². The highest BCUT2D eigenvalue weighted by Gasteiger charge is 2.43. The molecule has 0 bridgehead atoms. The summed E-state index contributed by atoms with van der Waals surface area (Å²) in [5.41, 5.74) is 5.15. The molecule has 2 amide bonds. The maximum Gasteiger partial charge on any atom is 0.266 e. The lowest BCUT2D eigenvalue weighted by Gasteiger charge is -2.40. The molecule has 1 aromatic heterocycles. The van der Waals surface area contributed by atoms with Gasteiger partial charge in [0.15, 0.2) is 0 Å². The molecule has 7 nitrogen and oxygen atoms in total. The number of rotatable bonds is 3. The number of hydrazone groups is 1. The van der Waals surface area contributed by atoms with Gasteiger partial charge in [0.05, 0.1) is 12.8 Å². The van der Waals surface area contributed by atoms with E-state index in [-0.39, 0.29) is 18.4 Å². The van der Waals surface area contributed by atoms with E-state index in [1.54, 1.807) is 11.1 Å². The second-order valence-corrected chi connectivity index (χ2v) is 8.00. The Balaban J connectivity index is 1.39. The molecule has 1 N–H and O–H groups in total. The number of amides is 2. The molecule has 30 heavy (non-hydrogen) atoms. The van der Waals surface area contributed by atoms with E-state index in [4.69, 9.17) is 0 Å². The Hall–Kier alpha value is -3.61. The highest BCUT2D eigenvalue weighted by atomic mass is 16.2. The number of benzene rings is 2. The smallest absolute Gasteiger partial charge is 0.266 e. The lowest BCUT2D eigenvalue weighted by Crippen LogP contribution is -2.60. The van der Waals surface area contributed by atoms with Crippen LogP contribution in [0.25, 0.3) is 10.9 Å². The number of anilines is 1. The molecular formula is C23H23N5O2. The molecule has 7 heteroatoms. The van der Waals surface area contributed by atoms with E-state index < -0.39 is 6.04 Å². The number of H-pyrrole nitrogens is 1. The minimum Gasteiger partial charge on any atom is -0.378 e. The summed E-state index contributed by atoms with van der Waals surface area (Å²) in [6, 6.07) is 15.4. The summed E-state index contributed by atoms with van der Waals surface area (Å²) in [5.74, 6) is -0.212. The summed E-state index contributed by atoms with van der Waals surface area (Å²) in [5, 5.41) is 6.77. The minimum absolute atomic E-state index is 0.0306. The molecule has 1 fully saturated rings. The number of hydrogen-bond donors (Lipinski definition) is 1. The predicted octanol–water partition coefficient (Wildman–Crippen LogP) is 2.36. The van der Waals surface area contributed by atoms with Gasteiger partial charge in [0.1, 0.15) is 12.6 Å². The molecule has 5 rings (SSSR count). The van der Waals surface area contributed by atoms with Gasteiger partial charge in [-0.25, -0.2) is 5.01 Å². The number of carbonyl (C=O) groups excluding carboxylic acids is 2. The van der Waals surface area contributed by atoms with E-state index in [2.05, 4.69) is 16.2 Å². The average molecular weight is 401 g/mol. The van der Waals surface area contributed by atoms with Crippen molar-refractivity contribution < 1.29 is 9.59 Å². The van der Waals surface area contributed by atoms with Gasteiger partial charge in [-0.1, -0.05) is 30.3 Å². The van der Waals surface area contributed by atoms with Crippen LogP contribution >= 0.6 is 0 Å². The normalized spacial score (nSPS) is 18.8. The molecule has 152 valence electrons. The van der Waals surface area contributed by atoms with Crippen LogP contribution in [-0.2, 0) is 22.6 Å². The lowest BCUT2D eigenvalue weighted by atomic mass is 9.94. The van der Waals surface area contributed by atoms with Gasteiger partial charge in [0, 0.05) is 42.8 Å². The van der Waals surface area contributed by atoms with Crippen LogP contribution in [0, 0.1) is 0 Å². The molecule has 0 saturated carbocycles. The number of aromatic amines is 1. The van der Waals surface area contributed by atoms with Crippen molar-refractivity contribution in [2.45, 2.75) is 19.0 Å². The van der Waals surface area contributed by atoms with Crippen LogP contribution in [0.1, 0.15) is 16.8 Å². The first kappa shape index (κ1) is 18.4. The molecule has 2 aromatic carbocycles. The summed E-state index contributed by atoms with van der Waals surface area (Å²) < 4.78 is 0. The lowest BCUT2D eigenvalue weighted by molar-refractivity contribution is -0.157. The third-order valence-electron chi connectivity index (χ3n) is 5.90. The van der Waals surface area contributed by atoms with Crippen molar-refractivity contribution >= 4 is 34.6 Å². The van der Waals surface area contributed by atoms with E-state index >= 15 is 0 Å². The molecule has 2 aliphatic rings. The molecule has 0 unspecified atom stereocenters. The van der Waals surface area contributed by atoms with Gasteiger partial charge >= 0.3 is 0 Å². The summed E-state index contributed by atoms with van der Waals surface area (Å²) in [4.78, 5) is 33.0. The topological polar surface area (TPSA) is 72.0 Å². The Morgan fingerprint density at radius 3 is 2.60 bits per heavy atom. The van der Waals surface area contributed by atoms with Crippen molar-refractivity contribution in [2.75, 3.05) is 25.5 Å². The van der Waals surface area contributed by atoms with Crippen molar-refractivity contribution in [3.63, 3.8) is 0 Å². The monoisotopic (exact) mass is 401 g/mol. The molecule has 3 heterocycles. The Bertz CT molecular complexity index is 1160. The SMILES string of the molecule is CN(C)c1ccc(C=NN2CC(=O)N3Cc4[nH]c5ccccc5c4C[C@H]3C2=O)cc1. The first-order valence-electron chi connectivity index (χ1n) is 10.0. The molecular weight excluding hydrogens is 378 g/mol. The number of piperazine rings is 1. The Labute approximate surface area is 174 Å². The van der Waals surface area contributed by atoms with E-state index in [0.29, 0.717) is 13.0 Å². The highest BCUT2D eigenvalue weighted by molar-refractivity contribution is 5.97. The third-order valence-corrected chi connectivity index (χ3v) is 5.90. The third kappa shape index (κ3) is 3.03. The number of nitrogens with zero attached hydrogens (tertiary/aromatic N) is 4. The minimum atomic E-state index is -0.508. The van der Waals surface area contributed by atoms with Gasteiger partial charge in [0.2, 0.25) is 5.91 Å². The molecule has 0 spiro atoms. The second kappa shape index (κ2) is 7.02. The van der Waals surface area contributed by atoms with Gasteiger partial charge in [-0.3, -0.25) is 9.59 Å². The van der Waals surface area contributed by atoms with Crippen molar-refractivity contribution in [1.82, 2.24) is 14.9 Å². The predicted molar refractivity (Wildman–Crippen MR) is 116 cm³/mol. The second-order valence-electron chi connectivity index (χ2n) is 8.00. The van der Waals surface area contributed by atoms with Crippen molar-refractivity contribution in [3.05, 3.63) is 65.4 Å². The van der Waals surface area contributed by atoms with Crippen molar-refractivity contribution in [3.8, 4) is 0 Å². The summed E-state index contributed by atoms with van der Waals surface area (Å²) in [7, 11) is 3.96. The fourth-order valence-electron chi connectivity index (χ4n) is 4.25. The first-order chi connectivity index (χ1) is 14.5. The van der Waals surface area contributed by atoms with Crippen LogP contribution in [0.2, 0.25) is 0 Å². The van der Waals surface area contributed by atoms with Crippen LogP contribution in [0.15, 0.2) is 53.6 Å². The van der Waals surface area contributed by atoms with Crippen LogP contribution in [0.4, 0.5) is 5.69 Å². The molecule has 1 atom stereocenters. The van der Waals surface area contributed by atoms with Gasteiger partial charge in [-0.15, -0.1) is 0 Å². The summed E-state index contributed by atoms with van der Waals surface area (Å²) in [6.45, 7) is 0.403. The van der Waals surface area contributed by atoms with Gasteiger partial charge < -0.3 is 14.8 Å². The Kier molecular flexibility index (Phi) is 4.31. The van der Waals surface area contributed by atoms with Crippen LogP contribution in [0.3, 0.4) is 0 Å². The number of nitrogens with one attached hydrogen (secondary N) is 1. The van der Waals surface area contributed by atoms with Crippen LogP contribution < -0.4 is 4.90 Å². The molecule has 0 radical (unpaired) electrons. The number of carbonyl (C=O) groups is 2. The van der Waals surface area contributed by atoms with Gasteiger partial charge in [-0.05, 0) is 29.3 Å². The van der Waals surface area contributed by atoms with E-state index in [9.17, 15) is 9.59 Å². The van der Waals surface area contributed by atoms with Crippen LogP contribution in [0.5, 0.6) is 0 Å². The first-order valence-corrected chi connectivity index (χ1v) is 10.0. The molecule has 1 saturated heterocycles. The number of aromatic nitrogens is 1.